The molecule has 10 heteroatoms. The predicted octanol–water partition coefficient (Wildman–Crippen LogP) is 2.11. The van der Waals surface area contributed by atoms with Crippen molar-refractivity contribution in [2.24, 2.45) is 0 Å². The van der Waals surface area contributed by atoms with E-state index < -0.39 is 25.8 Å². The van der Waals surface area contributed by atoms with E-state index in [-0.39, 0.29) is 15.7 Å². The fourth-order valence-corrected chi connectivity index (χ4v) is 4.85. The summed E-state index contributed by atoms with van der Waals surface area (Å²) in [7, 11) is -7.08. The van der Waals surface area contributed by atoms with Gasteiger partial charge in [0.2, 0.25) is 5.09 Å². The van der Waals surface area contributed by atoms with Crippen molar-refractivity contribution in [1.82, 2.24) is 4.31 Å². The van der Waals surface area contributed by atoms with Crippen LogP contribution < -0.4 is 5.32 Å². The molecule has 0 saturated carbocycles. The van der Waals surface area contributed by atoms with E-state index in [4.69, 9.17) is 4.42 Å². The fourth-order valence-electron chi connectivity index (χ4n) is 2.79. The van der Waals surface area contributed by atoms with Crippen LogP contribution in [0.3, 0.4) is 0 Å². The summed E-state index contributed by atoms with van der Waals surface area (Å²) < 4.78 is 54.7. The summed E-state index contributed by atoms with van der Waals surface area (Å²) in [6, 6.07) is 8.21. The Morgan fingerprint density at radius 2 is 1.59 bits per heavy atom. The second kappa shape index (κ2) is 7.45. The van der Waals surface area contributed by atoms with Gasteiger partial charge in [-0.2, -0.15) is 4.31 Å². The van der Waals surface area contributed by atoms with Crippen molar-refractivity contribution in [2.45, 2.75) is 29.3 Å². The first-order valence-corrected chi connectivity index (χ1v) is 11.7. The highest BCUT2D eigenvalue weighted by atomic mass is 32.2. The van der Waals surface area contributed by atoms with E-state index in [1.165, 1.54) is 40.7 Å². The number of sulfone groups is 1. The molecule has 2 heterocycles. The Balaban J connectivity index is 1.73. The van der Waals surface area contributed by atoms with Crippen molar-refractivity contribution in [3.63, 3.8) is 0 Å². The van der Waals surface area contributed by atoms with E-state index in [1.54, 1.807) is 0 Å². The maximum absolute atomic E-state index is 12.6. The standard InChI is InChI=1S/C17H20N2O6S2/c1-26(21,22)14-7-5-13(6-8-14)18-17(20)15-9-10-16(25-15)27(23,24)19-11-3-2-4-12-19/h5-10H,2-4,11-12H2,1H3,(H,18,20). The first-order valence-electron chi connectivity index (χ1n) is 8.39. The molecular formula is C17H20N2O6S2. The number of piperidine rings is 1. The van der Waals surface area contributed by atoms with Gasteiger partial charge < -0.3 is 9.73 Å². The number of sulfonamides is 1. The van der Waals surface area contributed by atoms with E-state index in [1.807, 2.05) is 0 Å². The highest BCUT2D eigenvalue weighted by Crippen LogP contribution is 2.23. The molecule has 1 aliphatic heterocycles. The van der Waals surface area contributed by atoms with Gasteiger partial charge in [0, 0.05) is 25.0 Å². The molecule has 0 unspecified atom stereocenters. The zero-order valence-electron chi connectivity index (χ0n) is 14.7. The van der Waals surface area contributed by atoms with Gasteiger partial charge in [0.15, 0.2) is 15.6 Å². The van der Waals surface area contributed by atoms with Crippen LogP contribution in [0.25, 0.3) is 0 Å². The Bertz CT molecular complexity index is 1030. The Hall–Kier alpha value is -2.17. The Labute approximate surface area is 158 Å². The molecule has 1 fully saturated rings. The van der Waals surface area contributed by atoms with E-state index >= 15 is 0 Å². The minimum atomic E-state index is -3.75. The number of anilines is 1. The number of amides is 1. The van der Waals surface area contributed by atoms with Crippen molar-refractivity contribution in [2.75, 3.05) is 24.7 Å². The lowest BCUT2D eigenvalue weighted by molar-refractivity contribution is 0.0991. The number of nitrogens with zero attached hydrogens (tertiary/aromatic N) is 1. The van der Waals surface area contributed by atoms with Crippen LogP contribution in [0.2, 0.25) is 0 Å². The van der Waals surface area contributed by atoms with Crippen LogP contribution in [-0.4, -0.2) is 46.4 Å². The smallest absolute Gasteiger partial charge is 0.291 e. The fraction of sp³-hybridized carbons (Fsp3) is 0.353. The molecule has 0 aliphatic carbocycles. The Morgan fingerprint density at radius 1 is 0.963 bits per heavy atom. The summed E-state index contributed by atoms with van der Waals surface area (Å²) in [6.07, 6.45) is 3.69. The highest BCUT2D eigenvalue weighted by Gasteiger charge is 2.29. The summed E-state index contributed by atoms with van der Waals surface area (Å²) in [4.78, 5) is 12.4. The predicted molar refractivity (Wildman–Crippen MR) is 98.8 cm³/mol. The minimum Gasteiger partial charge on any atom is -0.438 e. The number of carbonyl (C=O) groups excluding carboxylic acids is 1. The van der Waals surface area contributed by atoms with Crippen molar-refractivity contribution in [1.29, 1.82) is 0 Å². The molecule has 1 amide bonds. The number of rotatable bonds is 5. The molecule has 1 N–H and O–H groups in total. The summed E-state index contributed by atoms with van der Waals surface area (Å²) in [6.45, 7) is 0.883. The van der Waals surface area contributed by atoms with E-state index in [2.05, 4.69) is 5.32 Å². The number of hydrogen-bond acceptors (Lipinski definition) is 6. The van der Waals surface area contributed by atoms with E-state index in [0.29, 0.717) is 18.8 Å². The van der Waals surface area contributed by atoms with Crippen LogP contribution in [0.1, 0.15) is 29.8 Å². The molecule has 0 spiro atoms. The van der Waals surface area contributed by atoms with Gasteiger partial charge in [-0.3, -0.25) is 4.79 Å². The van der Waals surface area contributed by atoms with Crippen molar-refractivity contribution in [3.05, 3.63) is 42.2 Å². The van der Waals surface area contributed by atoms with Crippen molar-refractivity contribution < 1.29 is 26.0 Å². The molecule has 0 bridgehead atoms. The molecule has 1 aromatic heterocycles. The van der Waals surface area contributed by atoms with E-state index in [9.17, 15) is 21.6 Å². The quantitative estimate of drug-likeness (QED) is 0.805. The number of benzene rings is 1. The SMILES string of the molecule is CS(=O)(=O)c1ccc(NC(=O)c2ccc(S(=O)(=O)N3CCCCC3)o2)cc1. The molecular weight excluding hydrogens is 392 g/mol. The Kier molecular flexibility index (Phi) is 5.41. The maximum Gasteiger partial charge on any atom is 0.291 e. The zero-order chi connectivity index (χ0) is 19.7. The van der Waals surface area contributed by atoms with Crippen LogP contribution >= 0.6 is 0 Å². The summed E-state index contributed by atoms with van der Waals surface area (Å²) in [5.41, 5.74) is 0.365. The molecule has 1 aliphatic rings. The summed E-state index contributed by atoms with van der Waals surface area (Å²) in [5.74, 6) is -0.764. The van der Waals surface area contributed by atoms with Crippen LogP contribution in [-0.2, 0) is 19.9 Å². The zero-order valence-corrected chi connectivity index (χ0v) is 16.3. The molecule has 1 aromatic carbocycles. The lowest BCUT2D eigenvalue weighted by Crippen LogP contribution is -2.35. The second-order valence-corrected chi connectivity index (χ2v) is 10.2. The van der Waals surface area contributed by atoms with Gasteiger partial charge in [0.05, 0.1) is 4.90 Å². The first kappa shape index (κ1) is 19.6. The van der Waals surface area contributed by atoms with Gasteiger partial charge in [-0.25, -0.2) is 16.8 Å². The number of furan rings is 1. The lowest BCUT2D eigenvalue weighted by atomic mass is 10.2. The van der Waals surface area contributed by atoms with E-state index in [0.717, 1.165) is 25.5 Å². The van der Waals surface area contributed by atoms with Crippen molar-refractivity contribution >= 4 is 31.5 Å². The summed E-state index contributed by atoms with van der Waals surface area (Å²) in [5, 5.41) is 2.28. The average molecular weight is 412 g/mol. The van der Waals surface area contributed by atoms with Gasteiger partial charge in [-0.1, -0.05) is 6.42 Å². The van der Waals surface area contributed by atoms with Gasteiger partial charge in [-0.05, 0) is 49.2 Å². The third kappa shape index (κ3) is 4.40. The Morgan fingerprint density at radius 3 is 2.19 bits per heavy atom. The largest absolute Gasteiger partial charge is 0.438 e. The van der Waals surface area contributed by atoms with Gasteiger partial charge in [0.25, 0.3) is 15.9 Å². The average Bonchev–Trinajstić information content (AvgIpc) is 3.13. The molecule has 0 atom stereocenters. The minimum absolute atomic E-state index is 0.133. The monoisotopic (exact) mass is 412 g/mol. The lowest BCUT2D eigenvalue weighted by Gasteiger charge is -2.24. The molecule has 8 nitrogen and oxygen atoms in total. The van der Waals surface area contributed by atoms with Crippen LogP contribution in [0.4, 0.5) is 5.69 Å². The van der Waals surface area contributed by atoms with Crippen LogP contribution in [0, 0.1) is 0 Å². The van der Waals surface area contributed by atoms with Crippen LogP contribution in [0.5, 0.6) is 0 Å². The van der Waals surface area contributed by atoms with Crippen molar-refractivity contribution in [3.8, 4) is 0 Å². The molecule has 146 valence electrons. The molecule has 2 aromatic rings. The first-order chi connectivity index (χ1) is 12.7. The number of nitrogens with one attached hydrogen (secondary N) is 1. The third-order valence-electron chi connectivity index (χ3n) is 4.25. The molecule has 1 saturated heterocycles. The normalized spacial score (nSPS) is 16.2. The second-order valence-electron chi connectivity index (χ2n) is 6.33. The van der Waals surface area contributed by atoms with Crippen LogP contribution in [0.15, 0.2) is 50.8 Å². The topological polar surface area (TPSA) is 114 Å². The van der Waals surface area contributed by atoms with Gasteiger partial charge in [0.1, 0.15) is 0 Å². The molecule has 27 heavy (non-hydrogen) atoms. The number of hydrogen-bond donors (Lipinski definition) is 1. The highest BCUT2D eigenvalue weighted by molar-refractivity contribution is 7.90. The molecule has 3 rings (SSSR count). The van der Waals surface area contributed by atoms with Gasteiger partial charge >= 0.3 is 0 Å². The number of carbonyl (C=O) groups is 1. The maximum atomic E-state index is 12.6. The summed E-state index contributed by atoms with van der Waals surface area (Å²) >= 11 is 0. The van der Waals surface area contributed by atoms with Gasteiger partial charge in [-0.15, -0.1) is 0 Å². The third-order valence-corrected chi connectivity index (χ3v) is 7.16. The molecule has 0 radical (unpaired) electrons.